The summed E-state index contributed by atoms with van der Waals surface area (Å²) in [7, 11) is 0. The molecule has 15 heavy (non-hydrogen) atoms. The molecule has 0 saturated carbocycles. The van der Waals surface area contributed by atoms with Crippen LogP contribution in [0, 0.1) is 0 Å². The van der Waals surface area contributed by atoms with Gasteiger partial charge in [0, 0.05) is 19.2 Å². The Morgan fingerprint density at radius 3 is 2.20 bits per heavy atom. The van der Waals surface area contributed by atoms with Crippen LogP contribution in [-0.2, 0) is 9.59 Å². The van der Waals surface area contributed by atoms with E-state index in [2.05, 4.69) is 0 Å². The number of hydrogen-bond donors (Lipinski definition) is 2. The fourth-order valence-corrected chi connectivity index (χ4v) is 1.34. The molecule has 0 unspecified atom stereocenters. The van der Waals surface area contributed by atoms with E-state index in [0.717, 1.165) is 0 Å². The van der Waals surface area contributed by atoms with Crippen LogP contribution in [0.1, 0.15) is 0 Å². The van der Waals surface area contributed by atoms with Gasteiger partial charge in [0.15, 0.2) is 5.78 Å². The summed E-state index contributed by atoms with van der Waals surface area (Å²) in [5.74, 6) is -0.540. The van der Waals surface area contributed by atoms with Crippen LogP contribution in [0.2, 0.25) is 0 Å². The molecule has 0 aliphatic heterocycles. The van der Waals surface area contributed by atoms with E-state index < -0.39 is 0 Å². The Kier molecular flexibility index (Phi) is 4.20. The highest BCUT2D eigenvalue weighted by atomic mass is 16.3. The molecule has 0 radical (unpaired) electrons. The summed E-state index contributed by atoms with van der Waals surface area (Å²) >= 11 is 0. The number of nitrogens with zero attached hydrogens (tertiary/aromatic N) is 1. The molecule has 0 bridgehead atoms. The van der Waals surface area contributed by atoms with E-state index in [0.29, 0.717) is 0 Å². The zero-order valence-corrected chi connectivity index (χ0v) is 8.22. The largest absolute Gasteiger partial charge is 0.395 e. The van der Waals surface area contributed by atoms with Gasteiger partial charge in [-0.05, 0) is 12.2 Å². The molecular weight excluding hydrogens is 198 g/mol. The van der Waals surface area contributed by atoms with Crippen molar-refractivity contribution in [3.63, 3.8) is 0 Å². The van der Waals surface area contributed by atoms with Gasteiger partial charge in [0.05, 0.1) is 18.9 Å². The maximum atomic E-state index is 11.4. The summed E-state index contributed by atoms with van der Waals surface area (Å²) in [5, 5.41) is 17.6. The smallest absolute Gasteiger partial charge is 0.202 e. The summed E-state index contributed by atoms with van der Waals surface area (Å²) in [6, 6.07) is 0. The molecule has 1 rings (SSSR count). The number of allylic oxidation sites excluding steroid dienone is 3. The molecule has 0 aromatic rings. The Balaban J connectivity index is 2.81. The molecule has 0 spiro atoms. The monoisotopic (exact) mass is 211 g/mol. The first kappa shape index (κ1) is 11.6. The summed E-state index contributed by atoms with van der Waals surface area (Å²) in [6.07, 6.45) is 3.61. The van der Waals surface area contributed by atoms with E-state index >= 15 is 0 Å². The number of aliphatic hydroxyl groups is 2. The van der Waals surface area contributed by atoms with Crippen molar-refractivity contribution in [3.05, 3.63) is 23.9 Å². The van der Waals surface area contributed by atoms with Crippen molar-refractivity contribution in [1.82, 2.24) is 4.90 Å². The van der Waals surface area contributed by atoms with Gasteiger partial charge in [0.25, 0.3) is 0 Å². The lowest BCUT2D eigenvalue weighted by Crippen LogP contribution is -2.33. The lowest BCUT2D eigenvalue weighted by molar-refractivity contribution is -0.115. The van der Waals surface area contributed by atoms with Gasteiger partial charge in [0.1, 0.15) is 0 Å². The third-order valence-corrected chi connectivity index (χ3v) is 2.01. The first-order valence-electron chi connectivity index (χ1n) is 4.63. The third kappa shape index (κ3) is 3.00. The molecule has 82 valence electrons. The van der Waals surface area contributed by atoms with Gasteiger partial charge in [-0.3, -0.25) is 9.59 Å². The maximum Gasteiger partial charge on any atom is 0.202 e. The van der Waals surface area contributed by atoms with Gasteiger partial charge in [-0.25, -0.2) is 0 Å². The Hall–Kier alpha value is -1.46. The molecule has 1 aliphatic carbocycles. The molecule has 0 fully saturated rings. The van der Waals surface area contributed by atoms with Gasteiger partial charge in [-0.2, -0.15) is 0 Å². The fraction of sp³-hybridized carbons (Fsp3) is 0.400. The van der Waals surface area contributed by atoms with Crippen molar-refractivity contribution in [1.29, 1.82) is 0 Å². The number of ketones is 2. The predicted octanol–water partition coefficient (Wildman–Crippen LogP) is -1.14. The molecule has 5 heteroatoms. The van der Waals surface area contributed by atoms with Gasteiger partial charge < -0.3 is 15.1 Å². The van der Waals surface area contributed by atoms with Crippen molar-refractivity contribution >= 4 is 11.6 Å². The minimum atomic E-state index is -0.281. The average molecular weight is 211 g/mol. The van der Waals surface area contributed by atoms with Crippen LogP contribution in [0.15, 0.2) is 23.9 Å². The molecule has 2 N–H and O–H groups in total. The summed E-state index contributed by atoms with van der Waals surface area (Å²) in [4.78, 5) is 24.0. The van der Waals surface area contributed by atoms with E-state index in [4.69, 9.17) is 10.2 Å². The van der Waals surface area contributed by atoms with Crippen LogP contribution in [-0.4, -0.2) is 53.0 Å². The number of carbonyl (C=O) groups excluding carboxylic acids is 2. The Morgan fingerprint density at radius 2 is 1.67 bits per heavy atom. The lowest BCUT2D eigenvalue weighted by Gasteiger charge is -2.24. The second kappa shape index (κ2) is 5.43. The predicted molar refractivity (Wildman–Crippen MR) is 53.0 cm³/mol. The molecule has 0 aromatic carbocycles. The maximum absolute atomic E-state index is 11.4. The molecule has 0 heterocycles. The van der Waals surface area contributed by atoms with E-state index in [1.165, 1.54) is 23.1 Å². The number of hydrogen-bond acceptors (Lipinski definition) is 5. The van der Waals surface area contributed by atoms with Crippen LogP contribution >= 0.6 is 0 Å². The zero-order valence-electron chi connectivity index (χ0n) is 8.22. The molecule has 0 saturated heterocycles. The lowest BCUT2D eigenvalue weighted by atomic mass is 10.1. The number of carbonyl (C=O) groups is 2. The van der Waals surface area contributed by atoms with E-state index in [1.54, 1.807) is 0 Å². The first-order valence-corrected chi connectivity index (χ1v) is 4.63. The zero-order chi connectivity index (χ0) is 11.3. The molecule has 0 aromatic heterocycles. The van der Waals surface area contributed by atoms with Crippen LogP contribution < -0.4 is 0 Å². The van der Waals surface area contributed by atoms with Crippen molar-refractivity contribution in [3.8, 4) is 0 Å². The Morgan fingerprint density at radius 1 is 1.07 bits per heavy atom. The van der Waals surface area contributed by atoms with Crippen LogP contribution in [0.4, 0.5) is 0 Å². The van der Waals surface area contributed by atoms with Crippen molar-refractivity contribution in [2.45, 2.75) is 0 Å². The van der Waals surface area contributed by atoms with Crippen LogP contribution in [0.25, 0.3) is 0 Å². The minimum Gasteiger partial charge on any atom is -0.395 e. The van der Waals surface area contributed by atoms with Gasteiger partial charge >= 0.3 is 0 Å². The molecule has 0 amide bonds. The minimum absolute atomic E-state index is 0.136. The topological polar surface area (TPSA) is 77.8 Å². The molecular formula is C10H13NO4. The fourth-order valence-electron chi connectivity index (χ4n) is 1.34. The number of aliphatic hydroxyl groups excluding tert-OH is 2. The SMILES string of the molecule is O=C1C=CC(=O)C(N(CCO)CCO)=C1. The molecule has 1 aliphatic rings. The average Bonchev–Trinajstić information content (AvgIpc) is 2.21. The van der Waals surface area contributed by atoms with Crippen molar-refractivity contribution in [2.24, 2.45) is 0 Å². The summed E-state index contributed by atoms with van der Waals surface area (Å²) < 4.78 is 0. The third-order valence-electron chi connectivity index (χ3n) is 2.01. The van der Waals surface area contributed by atoms with Crippen LogP contribution in [0.3, 0.4) is 0 Å². The summed E-state index contributed by atoms with van der Waals surface area (Å²) in [5.41, 5.74) is 0.227. The van der Waals surface area contributed by atoms with Gasteiger partial charge in [-0.15, -0.1) is 0 Å². The highest BCUT2D eigenvalue weighted by Crippen LogP contribution is 2.10. The van der Waals surface area contributed by atoms with Crippen molar-refractivity contribution in [2.75, 3.05) is 26.3 Å². The van der Waals surface area contributed by atoms with Crippen molar-refractivity contribution < 1.29 is 19.8 Å². The second-order valence-electron chi connectivity index (χ2n) is 3.06. The van der Waals surface area contributed by atoms with Gasteiger partial charge in [-0.1, -0.05) is 0 Å². The number of rotatable bonds is 5. The van der Waals surface area contributed by atoms with Crippen LogP contribution in [0.5, 0.6) is 0 Å². The normalized spacial score (nSPS) is 15.5. The Bertz CT molecular complexity index is 313. The van der Waals surface area contributed by atoms with Gasteiger partial charge in [0.2, 0.25) is 5.78 Å². The summed E-state index contributed by atoms with van der Waals surface area (Å²) in [6.45, 7) is 0.170. The Labute approximate surface area is 87.3 Å². The highest BCUT2D eigenvalue weighted by molar-refractivity contribution is 6.16. The van der Waals surface area contributed by atoms with E-state index in [9.17, 15) is 9.59 Å². The second-order valence-corrected chi connectivity index (χ2v) is 3.06. The molecule has 0 atom stereocenters. The highest BCUT2D eigenvalue weighted by Gasteiger charge is 2.18. The standard InChI is InChI=1S/C10H13NO4/c12-5-3-11(4-6-13)9-7-8(14)1-2-10(9)15/h1-2,7,12-13H,3-6H2. The van der Waals surface area contributed by atoms with E-state index in [1.807, 2.05) is 0 Å². The first-order chi connectivity index (χ1) is 7.19. The molecule has 5 nitrogen and oxygen atoms in total. The van der Waals surface area contributed by atoms with E-state index in [-0.39, 0.29) is 43.6 Å². The quantitative estimate of drug-likeness (QED) is 0.562.